The predicted molar refractivity (Wildman–Crippen MR) is 110 cm³/mol. The third kappa shape index (κ3) is 2.38. The summed E-state index contributed by atoms with van der Waals surface area (Å²) in [4.78, 5) is 31.1. The molecule has 0 saturated heterocycles. The molecule has 27 heavy (non-hydrogen) atoms. The molecule has 0 bridgehead atoms. The Hall–Kier alpha value is -2.23. The molecule has 0 amide bonds. The highest BCUT2D eigenvalue weighted by atomic mass is 32.3. The van der Waals surface area contributed by atoms with E-state index in [-0.39, 0.29) is 0 Å². The van der Waals surface area contributed by atoms with E-state index in [2.05, 4.69) is 22.5 Å². The van der Waals surface area contributed by atoms with Crippen molar-refractivity contribution in [3.8, 4) is 0 Å². The zero-order valence-corrected chi connectivity index (χ0v) is 16.7. The molecule has 1 aromatic heterocycles. The van der Waals surface area contributed by atoms with Crippen molar-refractivity contribution >= 4 is 66.6 Å². The Morgan fingerprint density at radius 2 is 1.96 bits per heavy atom. The van der Waals surface area contributed by atoms with Gasteiger partial charge in [0.2, 0.25) is 5.17 Å². The summed E-state index contributed by atoms with van der Waals surface area (Å²) in [5, 5.41) is 3.72. The van der Waals surface area contributed by atoms with Crippen molar-refractivity contribution in [3.05, 3.63) is 51.6 Å². The average molecular weight is 419 g/mol. The fourth-order valence-corrected chi connectivity index (χ4v) is 8.25. The third-order valence-electron chi connectivity index (χ3n) is 4.44. The fraction of sp³-hybridized carbons (Fsp3) is 0.167. The van der Waals surface area contributed by atoms with Crippen LogP contribution in [0.1, 0.15) is 5.56 Å². The van der Waals surface area contributed by atoms with E-state index in [0.29, 0.717) is 18.3 Å². The average Bonchev–Trinajstić information content (AvgIpc) is 3.34. The summed E-state index contributed by atoms with van der Waals surface area (Å²) in [6.45, 7) is 1.23. The molecule has 0 aliphatic carbocycles. The van der Waals surface area contributed by atoms with E-state index >= 15 is 0 Å². The summed E-state index contributed by atoms with van der Waals surface area (Å²) in [6, 6.07) is 8.22. The van der Waals surface area contributed by atoms with Gasteiger partial charge in [0.1, 0.15) is 4.24 Å². The van der Waals surface area contributed by atoms with Gasteiger partial charge in [0.05, 0.1) is 12.2 Å². The number of rotatable bonds is 2. The van der Waals surface area contributed by atoms with Gasteiger partial charge in [-0.3, -0.25) is 0 Å². The van der Waals surface area contributed by atoms with Gasteiger partial charge in [-0.2, -0.15) is 0 Å². The number of hydrogen-bond donors (Lipinski definition) is 0. The highest BCUT2D eigenvalue weighted by Gasteiger charge is 2.52. The monoisotopic (exact) mass is 418 g/mol. The van der Waals surface area contributed by atoms with Gasteiger partial charge in [-0.1, -0.05) is 12.1 Å². The van der Waals surface area contributed by atoms with Crippen LogP contribution in [-0.2, 0) is 18.0 Å². The minimum Gasteiger partial charge on any atom is -0.328 e. The van der Waals surface area contributed by atoms with Gasteiger partial charge in [0, 0.05) is 34.3 Å². The smallest absolute Gasteiger partial charge is 0.328 e. The first kappa shape index (κ1) is 16.9. The molecular formula is C18H14N2O4S3. The van der Waals surface area contributed by atoms with E-state index in [9.17, 15) is 9.59 Å². The van der Waals surface area contributed by atoms with Crippen LogP contribution in [0.15, 0.2) is 51.0 Å². The van der Waals surface area contributed by atoms with Gasteiger partial charge in [-0.05, 0) is 34.4 Å². The lowest BCUT2D eigenvalue weighted by Crippen LogP contribution is -2.26. The molecule has 5 rings (SSSR count). The van der Waals surface area contributed by atoms with Crippen LogP contribution in [0, 0.1) is 0 Å². The number of carbonyl (C=O) groups is 2. The number of thioether (sulfide) groups is 1. The molecular weight excluding hydrogens is 404 g/mol. The van der Waals surface area contributed by atoms with Crippen molar-refractivity contribution in [3.63, 3.8) is 0 Å². The number of benzene rings is 1. The largest absolute Gasteiger partial charge is 0.354 e. The lowest BCUT2D eigenvalue weighted by atomic mass is 10.1. The number of hydrogen-bond acceptors (Lipinski definition) is 8. The molecule has 0 radical (unpaired) electrons. The topological polar surface area (TPSA) is 68.2 Å². The molecule has 138 valence electrons. The molecule has 0 saturated carbocycles. The minimum absolute atomic E-state index is 0.541. The molecule has 3 aliphatic heterocycles. The Kier molecular flexibility index (Phi) is 3.85. The van der Waals surface area contributed by atoms with E-state index in [1.165, 1.54) is 16.5 Å². The fourth-order valence-electron chi connectivity index (χ4n) is 3.44. The first-order chi connectivity index (χ1) is 13.1. The molecule has 1 aromatic carbocycles. The number of amidine groups is 1. The molecule has 2 aromatic rings. The normalized spacial score (nSPS) is 22.0. The van der Waals surface area contributed by atoms with Gasteiger partial charge in [-0.15, -0.1) is 23.1 Å². The Labute approximate surface area is 165 Å². The summed E-state index contributed by atoms with van der Waals surface area (Å²) in [5.74, 6) is -1.18. The van der Waals surface area contributed by atoms with Crippen LogP contribution < -0.4 is 0 Å². The van der Waals surface area contributed by atoms with E-state index in [1.807, 2.05) is 23.3 Å². The Bertz CT molecular complexity index is 1070. The first-order valence-electron chi connectivity index (χ1n) is 8.19. The highest BCUT2D eigenvalue weighted by Crippen LogP contribution is 2.71. The Morgan fingerprint density at radius 1 is 1.19 bits per heavy atom. The molecule has 0 atom stereocenters. The Morgan fingerprint density at radius 3 is 2.70 bits per heavy atom. The van der Waals surface area contributed by atoms with E-state index < -0.39 is 22.5 Å². The molecule has 6 nitrogen and oxygen atoms in total. The lowest BCUT2D eigenvalue weighted by molar-refractivity contribution is -0.129. The van der Waals surface area contributed by atoms with Crippen molar-refractivity contribution in [2.75, 3.05) is 19.3 Å². The van der Waals surface area contributed by atoms with E-state index in [4.69, 9.17) is 8.37 Å². The number of nitrogens with zero attached hydrogens (tertiary/aromatic N) is 2. The Balaban J connectivity index is 1.79. The van der Waals surface area contributed by atoms with Crippen molar-refractivity contribution in [2.45, 2.75) is 0 Å². The molecule has 9 heteroatoms. The van der Waals surface area contributed by atoms with Crippen LogP contribution in [-0.4, -0.2) is 41.4 Å². The van der Waals surface area contributed by atoms with Crippen LogP contribution in [0.4, 0.5) is 0 Å². The van der Waals surface area contributed by atoms with E-state index in [1.54, 1.807) is 11.3 Å². The van der Waals surface area contributed by atoms with Gasteiger partial charge in [0.25, 0.3) is 0 Å². The number of aliphatic imine (C=N–C) groups is 1. The second-order valence-electron chi connectivity index (χ2n) is 5.94. The molecule has 3 aliphatic rings. The van der Waals surface area contributed by atoms with Crippen LogP contribution in [0.25, 0.3) is 15.8 Å². The van der Waals surface area contributed by atoms with Crippen molar-refractivity contribution in [1.82, 2.24) is 4.90 Å². The minimum atomic E-state index is -2.75. The van der Waals surface area contributed by atoms with Gasteiger partial charge >= 0.3 is 11.9 Å². The maximum Gasteiger partial charge on any atom is 0.354 e. The second kappa shape index (κ2) is 6.15. The molecule has 1 spiro atoms. The third-order valence-corrected chi connectivity index (χ3v) is 9.35. The maximum atomic E-state index is 12.2. The predicted octanol–water partition coefficient (Wildman–Crippen LogP) is 3.87. The summed E-state index contributed by atoms with van der Waals surface area (Å²) in [7, 11) is -2.75. The standard InChI is InChI=1S/C18H14N2O4S3/c1-25-17-16(12-3-2-4-13-11(12)7-10-26-13)20-9-8-19-18(20)27(17)23-14(21)5-6-15(22)24-27/h2-7,10H,8-9H2,1H3. The second-order valence-corrected chi connectivity index (χ2v) is 10.1. The van der Waals surface area contributed by atoms with Gasteiger partial charge in [-0.25, -0.2) is 14.6 Å². The van der Waals surface area contributed by atoms with Crippen molar-refractivity contribution in [2.24, 2.45) is 4.99 Å². The SMILES string of the molecule is CSC1=C(c2cccc3sccc23)N2CCN=C2S12OC(=O)C=CC(=O)O2. The number of carbonyl (C=O) groups excluding carboxylic acids is 2. The maximum absolute atomic E-state index is 12.2. The van der Waals surface area contributed by atoms with Gasteiger partial charge < -0.3 is 13.3 Å². The molecule has 4 heterocycles. The molecule has 0 fully saturated rings. The number of fused-ring (bicyclic) bond motifs is 3. The van der Waals surface area contributed by atoms with Crippen LogP contribution >= 0.6 is 33.7 Å². The molecule has 0 N–H and O–H groups in total. The van der Waals surface area contributed by atoms with E-state index in [0.717, 1.165) is 33.0 Å². The van der Waals surface area contributed by atoms with Crippen LogP contribution in [0.5, 0.6) is 0 Å². The highest BCUT2D eigenvalue weighted by molar-refractivity contribution is 8.48. The summed E-state index contributed by atoms with van der Waals surface area (Å²) >= 11 is 3.11. The molecule has 0 unspecified atom stereocenters. The summed E-state index contributed by atoms with van der Waals surface area (Å²) in [5.41, 5.74) is 1.95. The number of thiophene rings is 1. The lowest BCUT2D eigenvalue weighted by Gasteiger charge is -2.36. The summed E-state index contributed by atoms with van der Waals surface area (Å²) < 4.78 is 13.4. The zero-order valence-electron chi connectivity index (χ0n) is 14.2. The van der Waals surface area contributed by atoms with Crippen molar-refractivity contribution in [1.29, 1.82) is 0 Å². The van der Waals surface area contributed by atoms with Gasteiger partial charge in [0.15, 0.2) is 0 Å². The first-order valence-corrected chi connectivity index (χ1v) is 11.8. The summed E-state index contributed by atoms with van der Waals surface area (Å²) in [6.07, 6.45) is 4.12. The zero-order chi connectivity index (χ0) is 18.6. The quantitative estimate of drug-likeness (QED) is 0.738. The van der Waals surface area contributed by atoms with Crippen LogP contribution in [0.3, 0.4) is 0 Å². The van der Waals surface area contributed by atoms with Crippen molar-refractivity contribution < 1.29 is 18.0 Å². The van der Waals surface area contributed by atoms with Crippen LogP contribution in [0.2, 0.25) is 0 Å².